The molecule has 0 fully saturated rings. The lowest BCUT2D eigenvalue weighted by Gasteiger charge is -2.20. The predicted molar refractivity (Wildman–Crippen MR) is 283 cm³/mol. The molecule has 2 unspecified atom stereocenters. The van der Waals surface area contributed by atoms with Crippen molar-refractivity contribution < 1.29 is 24.5 Å². The van der Waals surface area contributed by atoms with E-state index in [1.165, 1.54) is 205 Å². The first-order valence-corrected chi connectivity index (χ1v) is 28.8. The standard InChI is InChI=1S/C59H111NO5/c1-3-5-7-9-11-13-15-17-19-20-21-22-23-24-25-26-27-28-31-35-39-43-47-51-57(62)56(55-61)60-58(63)52-48-44-40-36-32-30-34-38-42-46-50-54-65-59(64)53-49-45-41-37-33-29-18-16-14-12-10-8-6-4-2/h10,12,16,18,47,51,56-57,61-62H,3-9,11,13-15,17,19-46,48-50,52-55H2,1-2H3,(H,60,63)/b12-10-,18-16-,51-47+. The van der Waals surface area contributed by atoms with Crippen LogP contribution in [0.5, 0.6) is 0 Å². The molecule has 0 saturated carbocycles. The number of allylic oxidation sites excluding steroid dienone is 5. The summed E-state index contributed by atoms with van der Waals surface area (Å²) in [7, 11) is 0. The number of nitrogens with one attached hydrogen (secondary N) is 1. The van der Waals surface area contributed by atoms with Gasteiger partial charge in [-0.05, 0) is 57.8 Å². The molecule has 3 N–H and O–H groups in total. The molecule has 0 spiro atoms. The average Bonchev–Trinajstić information content (AvgIpc) is 3.31. The number of carbonyl (C=O) groups excluding carboxylic acids is 2. The Balaban J connectivity index is 3.51. The third-order valence-corrected chi connectivity index (χ3v) is 13.2. The van der Waals surface area contributed by atoms with E-state index in [0.29, 0.717) is 19.4 Å². The molecule has 0 aliphatic rings. The second-order valence-corrected chi connectivity index (χ2v) is 19.6. The quantitative estimate of drug-likeness (QED) is 0.0321. The Kier molecular flexibility index (Phi) is 53.1. The molecule has 0 heterocycles. The van der Waals surface area contributed by atoms with Crippen LogP contribution < -0.4 is 5.32 Å². The minimum Gasteiger partial charge on any atom is -0.466 e. The lowest BCUT2D eigenvalue weighted by Crippen LogP contribution is -2.45. The van der Waals surface area contributed by atoms with Crippen LogP contribution in [0.2, 0.25) is 0 Å². The molecule has 2 atom stereocenters. The number of ether oxygens (including phenoxy) is 1. The maximum absolute atomic E-state index is 12.5. The number of esters is 1. The van der Waals surface area contributed by atoms with Crippen molar-refractivity contribution in [3.8, 4) is 0 Å². The number of unbranched alkanes of at least 4 members (excludes halogenated alkanes) is 38. The Morgan fingerprint density at radius 3 is 1.22 bits per heavy atom. The SMILES string of the molecule is CCCC/C=C\C/C=C\CCCCCCCC(=O)OCCCCCCCCCCCCCC(=O)NC(CO)C(O)/C=C/CCCCCCCCCCCCCCCCCCCCCCC. The summed E-state index contributed by atoms with van der Waals surface area (Å²) >= 11 is 0. The minimum absolute atomic E-state index is 0.0297. The zero-order valence-corrected chi connectivity index (χ0v) is 43.5. The maximum Gasteiger partial charge on any atom is 0.305 e. The number of aliphatic hydroxyl groups is 2. The van der Waals surface area contributed by atoms with Crippen LogP contribution in [0, 0.1) is 0 Å². The van der Waals surface area contributed by atoms with E-state index in [2.05, 4.69) is 43.5 Å². The van der Waals surface area contributed by atoms with Gasteiger partial charge in [0.2, 0.25) is 5.91 Å². The van der Waals surface area contributed by atoms with Crippen molar-refractivity contribution in [2.75, 3.05) is 13.2 Å². The lowest BCUT2D eigenvalue weighted by atomic mass is 10.0. The van der Waals surface area contributed by atoms with Crippen LogP contribution >= 0.6 is 0 Å². The van der Waals surface area contributed by atoms with Gasteiger partial charge < -0.3 is 20.3 Å². The monoisotopic (exact) mass is 914 g/mol. The normalized spacial score (nSPS) is 12.9. The van der Waals surface area contributed by atoms with Gasteiger partial charge in [-0.25, -0.2) is 0 Å². The van der Waals surface area contributed by atoms with E-state index >= 15 is 0 Å². The molecule has 0 aromatic heterocycles. The highest BCUT2D eigenvalue weighted by Crippen LogP contribution is 2.17. The number of carbonyl (C=O) groups is 2. The Labute approximate surface area is 404 Å². The van der Waals surface area contributed by atoms with Crippen LogP contribution in [-0.4, -0.2) is 47.4 Å². The maximum atomic E-state index is 12.5. The summed E-state index contributed by atoms with van der Waals surface area (Å²) in [5, 5.41) is 23.2. The fraction of sp³-hybridized carbons (Fsp3) is 0.864. The second kappa shape index (κ2) is 54.7. The van der Waals surface area contributed by atoms with Crippen LogP contribution in [0.15, 0.2) is 36.5 Å². The van der Waals surface area contributed by atoms with Gasteiger partial charge >= 0.3 is 5.97 Å². The van der Waals surface area contributed by atoms with Crippen LogP contribution in [0.1, 0.15) is 303 Å². The topological polar surface area (TPSA) is 95.9 Å². The highest BCUT2D eigenvalue weighted by molar-refractivity contribution is 5.76. The van der Waals surface area contributed by atoms with Crippen molar-refractivity contribution in [3.63, 3.8) is 0 Å². The largest absolute Gasteiger partial charge is 0.466 e. The second-order valence-electron chi connectivity index (χ2n) is 19.6. The molecule has 0 saturated heterocycles. The number of hydrogen-bond acceptors (Lipinski definition) is 5. The van der Waals surface area contributed by atoms with Crippen molar-refractivity contribution >= 4 is 11.9 Å². The van der Waals surface area contributed by atoms with Crippen molar-refractivity contribution in [1.82, 2.24) is 5.32 Å². The summed E-state index contributed by atoms with van der Waals surface area (Å²) in [6.45, 7) is 4.83. The van der Waals surface area contributed by atoms with Gasteiger partial charge in [-0.1, -0.05) is 269 Å². The molecule has 65 heavy (non-hydrogen) atoms. The van der Waals surface area contributed by atoms with E-state index in [4.69, 9.17) is 4.74 Å². The Morgan fingerprint density at radius 1 is 0.431 bits per heavy atom. The molecule has 382 valence electrons. The van der Waals surface area contributed by atoms with E-state index in [1.807, 2.05) is 6.08 Å². The minimum atomic E-state index is -0.859. The first-order valence-electron chi connectivity index (χ1n) is 28.8. The third kappa shape index (κ3) is 51.3. The summed E-state index contributed by atoms with van der Waals surface area (Å²) in [6.07, 6.45) is 67.3. The molecule has 0 aliphatic heterocycles. The van der Waals surface area contributed by atoms with Gasteiger partial charge in [0.05, 0.1) is 25.4 Å². The van der Waals surface area contributed by atoms with Crippen molar-refractivity contribution in [2.24, 2.45) is 0 Å². The molecular weight excluding hydrogens is 803 g/mol. The summed E-state index contributed by atoms with van der Waals surface area (Å²) in [6, 6.07) is -0.644. The van der Waals surface area contributed by atoms with Gasteiger partial charge in [0.1, 0.15) is 0 Å². The number of aliphatic hydroxyl groups excluding tert-OH is 2. The predicted octanol–water partition coefficient (Wildman–Crippen LogP) is 17.6. The van der Waals surface area contributed by atoms with E-state index < -0.39 is 12.1 Å². The van der Waals surface area contributed by atoms with Crippen LogP contribution in [0.4, 0.5) is 0 Å². The average molecular weight is 915 g/mol. The molecule has 0 aromatic rings. The zero-order valence-electron chi connectivity index (χ0n) is 43.5. The Bertz CT molecular complexity index is 1060. The highest BCUT2D eigenvalue weighted by Gasteiger charge is 2.18. The van der Waals surface area contributed by atoms with E-state index in [9.17, 15) is 19.8 Å². The van der Waals surface area contributed by atoms with Crippen LogP contribution in [0.3, 0.4) is 0 Å². The van der Waals surface area contributed by atoms with E-state index in [-0.39, 0.29) is 18.5 Å². The summed E-state index contributed by atoms with van der Waals surface area (Å²) in [4.78, 5) is 24.5. The molecule has 6 nitrogen and oxygen atoms in total. The van der Waals surface area contributed by atoms with Gasteiger partial charge in [0.15, 0.2) is 0 Å². The Hall–Kier alpha value is -1.92. The smallest absolute Gasteiger partial charge is 0.305 e. The number of amides is 1. The van der Waals surface area contributed by atoms with Gasteiger partial charge in [0.25, 0.3) is 0 Å². The zero-order chi connectivity index (χ0) is 47.2. The lowest BCUT2D eigenvalue weighted by molar-refractivity contribution is -0.143. The number of hydrogen-bond donors (Lipinski definition) is 3. The first-order chi connectivity index (χ1) is 32.0. The van der Waals surface area contributed by atoms with Crippen molar-refractivity contribution in [2.45, 2.75) is 315 Å². The molecule has 0 aliphatic carbocycles. The number of rotatable bonds is 53. The molecule has 0 bridgehead atoms. The fourth-order valence-corrected chi connectivity index (χ4v) is 8.71. The summed E-state index contributed by atoms with van der Waals surface area (Å²) in [5.74, 6) is -0.115. The van der Waals surface area contributed by atoms with Crippen molar-refractivity contribution in [3.05, 3.63) is 36.5 Å². The third-order valence-electron chi connectivity index (χ3n) is 13.2. The molecule has 6 heteroatoms. The van der Waals surface area contributed by atoms with E-state index in [0.717, 1.165) is 70.6 Å². The van der Waals surface area contributed by atoms with Gasteiger partial charge in [0, 0.05) is 12.8 Å². The van der Waals surface area contributed by atoms with Crippen LogP contribution in [0.25, 0.3) is 0 Å². The van der Waals surface area contributed by atoms with Crippen LogP contribution in [-0.2, 0) is 14.3 Å². The fourth-order valence-electron chi connectivity index (χ4n) is 8.71. The molecule has 0 aromatic carbocycles. The molecule has 0 radical (unpaired) electrons. The summed E-state index contributed by atoms with van der Waals surface area (Å²) in [5.41, 5.74) is 0. The van der Waals surface area contributed by atoms with Gasteiger partial charge in [-0.3, -0.25) is 9.59 Å². The van der Waals surface area contributed by atoms with Crippen molar-refractivity contribution in [1.29, 1.82) is 0 Å². The Morgan fingerprint density at radius 2 is 0.785 bits per heavy atom. The molecular formula is C59H111NO5. The highest BCUT2D eigenvalue weighted by atomic mass is 16.5. The molecule has 1 amide bonds. The van der Waals surface area contributed by atoms with Gasteiger partial charge in [-0.15, -0.1) is 0 Å². The van der Waals surface area contributed by atoms with E-state index in [1.54, 1.807) is 6.08 Å². The van der Waals surface area contributed by atoms with Gasteiger partial charge in [-0.2, -0.15) is 0 Å². The summed E-state index contributed by atoms with van der Waals surface area (Å²) < 4.78 is 5.45. The first kappa shape index (κ1) is 63.1. The molecule has 0 rings (SSSR count).